The summed E-state index contributed by atoms with van der Waals surface area (Å²) in [5, 5.41) is 4.54. The predicted octanol–water partition coefficient (Wildman–Crippen LogP) is 2.39. The maximum absolute atomic E-state index is 11.3. The lowest BCUT2D eigenvalue weighted by atomic mass is 10.4. The van der Waals surface area contributed by atoms with Gasteiger partial charge in [0.05, 0.1) is 0 Å². The summed E-state index contributed by atoms with van der Waals surface area (Å²) in [5.74, 6) is 0.356. The summed E-state index contributed by atoms with van der Waals surface area (Å²) in [4.78, 5) is 23.2. The second-order valence-electron chi connectivity index (χ2n) is 3.16. The molecule has 0 aliphatic carbocycles. The standard InChI is InChI=1S/C11H13BrN2O2S/c1-13-11(16)14-10(15)6-7-17-9-5-3-2-4-8(9)12/h2-5H,6-7H2,1H3,(H2,13,14,15,16). The Bertz CT molecular complexity index is 412. The minimum Gasteiger partial charge on any atom is -0.341 e. The van der Waals surface area contributed by atoms with Crippen molar-refractivity contribution < 1.29 is 9.59 Å². The highest BCUT2D eigenvalue weighted by Gasteiger charge is 2.06. The van der Waals surface area contributed by atoms with Crippen LogP contribution < -0.4 is 10.6 Å². The molecule has 0 radical (unpaired) electrons. The van der Waals surface area contributed by atoms with Crippen molar-refractivity contribution in [2.75, 3.05) is 12.8 Å². The number of halogens is 1. The average molecular weight is 317 g/mol. The SMILES string of the molecule is CNC(=O)NC(=O)CCSc1ccccc1Br. The smallest absolute Gasteiger partial charge is 0.321 e. The van der Waals surface area contributed by atoms with Gasteiger partial charge in [0.1, 0.15) is 0 Å². The molecule has 2 N–H and O–H groups in total. The number of amides is 3. The first-order chi connectivity index (χ1) is 8.13. The fourth-order valence-electron chi connectivity index (χ4n) is 1.07. The van der Waals surface area contributed by atoms with Crippen LogP contribution in [0.5, 0.6) is 0 Å². The molecule has 0 spiro atoms. The fourth-order valence-corrected chi connectivity index (χ4v) is 2.58. The molecule has 0 bridgehead atoms. The normalized spacial score (nSPS) is 9.76. The topological polar surface area (TPSA) is 58.2 Å². The van der Waals surface area contributed by atoms with Gasteiger partial charge in [-0.3, -0.25) is 10.1 Å². The second-order valence-corrected chi connectivity index (χ2v) is 5.15. The van der Waals surface area contributed by atoms with Gasteiger partial charge in [0, 0.05) is 28.6 Å². The number of rotatable bonds is 4. The first kappa shape index (κ1) is 14.1. The Kier molecular flexibility index (Phi) is 6.07. The molecular formula is C11H13BrN2O2S. The van der Waals surface area contributed by atoms with E-state index in [0.717, 1.165) is 9.37 Å². The van der Waals surface area contributed by atoms with Gasteiger partial charge in [-0.25, -0.2) is 4.79 Å². The molecular weight excluding hydrogens is 304 g/mol. The van der Waals surface area contributed by atoms with E-state index >= 15 is 0 Å². The van der Waals surface area contributed by atoms with E-state index in [-0.39, 0.29) is 5.91 Å². The van der Waals surface area contributed by atoms with Gasteiger partial charge in [0.2, 0.25) is 5.91 Å². The molecule has 6 heteroatoms. The molecule has 0 atom stereocenters. The Balaban J connectivity index is 2.31. The Labute approximate surface area is 113 Å². The van der Waals surface area contributed by atoms with Crippen molar-refractivity contribution in [3.05, 3.63) is 28.7 Å². The Morgan fingerprint density at radius 2 is 2.06 bits per heavy atom. The molecule has 92 valence electrons. The van der Waals surface area contributed by atoms with Crippen molar-refractivity contribution in [2.45, 2.75) is 11.3 Å². The van der Waals surface area contributed by atoms with Crippen molar-refractivity contribution in [3.8, 4) is 0 Å². The molecule has 0 unspecified atom stereocenters. The summed E-state index contributed by atoms with van der Waals surface area (Å²) in [6, 6.07) is 7.34. The highest BCUT2D eigenvalue weighted by molar-refractivity contribution is 9.10. The molecule has 0 saturated heterocycles. The van der Waals surface area contributed by atoms with Crippen LogP contribution in [-0.2, 0) is 4.79 Å². The second kappa shape index (κ2) is 7.34. The number of hydrogen-bond donors (Lipinski definition) is 2. The molecule has 1 aromatic carbocycles. The van der Waals surface area contributed by atoms with E-state index < -0.39 is 6.03 Å². The number of hydrogen-bond acceptors (Lipinski definition) is 3. The Morgan fingerprint density at radius 1 is 1.35 bits per heavy atom. The van der Waals surface area contributed by atoms with E-state index in [1.165, 1.54) is 7.05 Å². The number of imide groups is 1. The number of benzene rings is 1. The van der Waals surface area contributed by atoms with Gasteiger partial charge in [-0.05, 0) is 28.1 Å². The molecule has 0 aliphatic heterocycles. The average Bonchev–Trinajstić information content (AvgIpc) is 2.31. The molecule has 1 aromatic rings. The monoisotopic (exact) mass is 316 g/mol. The van der Waals surface area contributed by atoms with Crippen LogP contribution in [0.4, 0.5) is 4.79 Å². The fraction of sp³-hybridized carbons (Fsp3) is 0.273. The summed E-state index contributed by atoms with van der Waals surface area (Å²) in [7, 11) is 1.47. The summed E-state index contributed by atoms with van der Waals surface area (Å²) in [6.07, 6.45) is 0.305. The third-order valence-corrected chi connectivity index (χ3v) is 3.93. The zero-order chi connectivity index (χ0) is 12.7. The van der Waals surface area contributed by atoms with Crippen LogP contribution in [0.15, 0.2) is 33.6 Å². The lowest BCUT2D eigenvalue weighted by Crippen LogP contribution is -2.37. The van der Waals surface area contributed by atoms with Gasteiger partial charge >= 0.3 is 6.03 Å². The van der Waals surface area contributed by atoms with Crippen LogP contribution in [0.25, 0.3) is 0 Å². The van der Waals surface area contributed by atoms with E-state index in [2.05, 4.69) is 26.6 Å². The highest BCUT2D eigenvalue weighted by atomic mass is 79.9. The van der Waals surface area contributed by atoms with Crippen LogP contribution in [0.3, 0.4) is 0 Å². The van der Waals surface area contributed by atoms with Gasteiger partial charge in [-0.15, -0.1) is 11.8 Å². The number of carbonyl (C=O) groups excluding carboxylic acids is 2. The van der Waals surface area contributed by atoms with Gasteiger partial charge in [-0.1, -0.05) is 12.1 Å². The van der Waals surface area contributed by atoms with Gasteiger partial charge in [-0.2, -0.15) is 0 Å². The molecule has 4 nitrogen and oxygen atoms in total. The van der Waals surface area contributed by atoms with E-state index in [9.17, 15) is 9.59 Å². The number of nitrogens with one attached hydrogen (secondary N) is 2. The first-order valence-electron chi connectivity index (χ1n) is 5.02. The van der Waals surface area contributed by atoms with Crippen molar-refractivity contribution in [3.63, 3.8) is 0 Å². The molecule has 0 fully saturated rings. The molecule has 0 heterocycles. The molecule has 17 heavy (non-hydrogen) atoms. The van der Waals surface area contributed by atoms with E-state index in [0.29, 0.717) is 12.2 Å². The van der Waals surface area contributed by atoms with E-state index in [1.807, 2.05) is 24.3 Å². The Hall–Kier alpha value is -1.01. The molecule has 0 saturated carbocycles. The number of thioether (sulfide) groups is 1. The van der Waals surface area contributed by atoms with Crippen LogP contribution >= 0.6 is 27.7 Å². The predicted molar refractivity (Wildman–Crippen MR) is 72.1 cm³/mol. The van der Waals surface area contributed by atoms with Crippen molar-refractivity contribution in [1.82, 2.24) is 10.6 Å². The third-order valence-electron chi connectivity index (χ3n) is 1.90. The van der Waals surface area contributed by atoms with Gasteiger partial charge in [0.15, 0.2) is 0 Å². The molecule has 3 amide bonds. The molecule has 1 rings (SSSR count). The quantitative estimate of drug-likeness (QED) is 0.838. The lowest BCUT2D eigenvalue weighted by molar-refractivity contribution is -0.119. The minimum absolute atomic E-state index is 0.274. The zero-order valence-corrected chi connectivity index (χ0v) is 11.7. The van der Waals surface area contributed by atoms with Crippen LogP contribution in [-0.4, -0.2) is 24.7 Å². The van der Waals surface area contributed by atoms with E-state index in [4.69, 9.17) is 0 Å². The van der Waals surface area contributed by atoms with Gasteiger partial charge < -0.3 is 5.32 Å². The van der Waals surface area contributed by atoms with Crippen LogP contribution in [0, 0.1) is 0 Å². The maximum atomic E-state index is 11.3. The minimum atomic E-state index is -0.471. The number of carbonyl (C=O) groups is 2. The van der Waals surface area contributed by atoms with Crippen LogP contribution in [0.1, 0.15) is 6.42 Å². The van der Waals surface area contributed by atoms with Crippen LogP contribution in [0.2, 0.25) is 0 Å². The molecule has 0 aromatic heterocycles. The summed E-state index contributed by atoms with van der Waals surface area (Å²) in [5.41, 5.74) is 0. The number of urea groups is 1. The van der Waals surface area contributed by atoms with E-state index in [1.54, 1.807) is 11.8 Å². The van der Waals surface area contributed by atoms with Gasteiger partial charge in [0.25, 0.3) is 0 Å². The first-order valence-corrected chi connectivity index (χ1v) is 6.80. The Morgan fingerprint density at radius 3 is 2.71 bits per heavy atom. The third kappa shape index (κ3) is 5.23. The van der Waals surface area contributed by atoms with Crippen molar-refractivity contribution in [1.29, 1.82) is 0 Å². The molecule has 0 aliphatic rings. The summed E-state index contributed by atoms with van der Waals surface area (Å²) < 4.78 is 1.01. The van der Waals surface area contributed by atoms with Crippen molar-refractivity contribution >= 4 is 39.6 Å². The lowest BCUT2D eigenvalue weighted by Gasteiger charge is -2.04. The highest BCUT2D eigenvalue weighted by Crippen LogP contribution is 2.27. The largest absolute Gasteiger partial charge is 0.341 e. The zero-order valence-electron chi connectivity index (χ0n) is 9.33. The van der Waals surface area contributed by atoms with Crippen molar-refractivity contribution in [2.24, 2.45) is 0 Å². The summed E-state index contributed by atoms with van der Waals surface area (Å²) >= 11 is 5.00. The maximum Gasteiger partial charge on any atom is 0.321 e. The summed E-state index contributed by atoms with van der Waals surface area (Å²) in [6.45, 7) is 0.